The molecule has 3 N–H and O–H groups in total. The molecule has 0 aliphatic carbocycles. The van der Waals surface area contributed by atoms with Crippen molar-refractivity contribution in [1.29, 1.82) is 0 Å². The van der Waals surface area contributed by atoms with Gasteiger partial charge in [-0.2, -0.15) is 0 Å². The van der Waals surface area contributed by atoms with Crippen LogP contribution in [0.2, 0.25) is 0 Å². The molecule has 4 nitrogen and oxygen atoms in total. The van der Waals surface area contributed by atoms with E-state index in [1.165, 1.54) is 0 Å². The summed E-state index contributed by atoms with van der Waals surface area (Å²) in [5, 5.41) is 22.0. The first kappa shape index (κ1) is 14.9. The molecule has 1 fully saturated rings. The van der Waals surface area contributed by atoms with Gasteiger partial charge in [-0.25, -0.2) is 0 Å². The van der Waals surface area contributed by atoms with Crippen molar-refractivity contribution in [2.45, 2.75) is 17.8 Å². The zero-order chi connectivity index (χ0) is 15.5. The van der Waals surface area contributed by atoms with E-state index in [-0.39, 0.29) is 5.37 Å². The average molecular weight is 315 g/mol. The van der Waals surface area contributed by atoms with Crippen molar-refractivity contribution in [2.24, 2.45) is 0 Å². The highest BCUT2D eigenvalue weighted by Crippen LogP contribution is 2.33. The number of nitrogens with one attached hydrogen (secondary N) is 1. The Hall–Kier alpha value is -1.98. The SMILES string of the molecule is O=C(O)C1CSC(c2ccc(Cc3ccccc3O)cc2)N1. The third-order valence-electron chi connectivity index (χ3n) is 3.75. The molecular weight excluding hydrogens is 298 g/mol. The molecule has 0 bridgehead atoms. The van der Waals surface area contributed by atoms with Crippen LogP contribution in [0.4, 0.5) is 0 Å². The number of aliphatic carboxylic acids is 1. The maximum atomic E-state index is 11.0. The van der Waals surface area contributed by atoms with Crippen molar-refractivity contribution >= 4 is 17.7 Å². The van der Waals surface area contributed by atoms with Crippen LogP contribution >= 0.6 is 11.8 Å². The quantitative estimate of drug-likeness (QED) is 0.809. The van der Waals surface area contributed by atoms with E-state index in [0.717, 1.165) is 16.7 Å². The highest BCUT2D eigenvalue weighted by molar-refractivity contribution is 7.99. The normalized spacial score (nSPS) is 20.9. The first-order valence-electron chi connectivity index (χ1n) is 7.09. The van der Waals surface area contributed by atoms with E-state index in [4.69, 9.17) is 5.11 Å². The summed E-state index contributed by atoms with van der Waals surface area (Å²) in [4.78, 5) is 11.0. The van der Waals surface area contributed by atoms with Gasteiger partial charge in [0, 0.05) is 12.2 Å². The maximum Gasteiger partial charge on any atom is 0.321 e. The summed E-state index contributed by atoms with van der Waals surface area (Å²) < 4.78 is 0. The van der Waals surface area contributed by atoms with Gasteiger partial charge < -0.3 is 10.2 Å². The number of carbonyl (C=O) groups is 1. The minimum absolute atomic E-state index is 0.0280. The zero-order valence-corrected chi connectivity index (χ0v) is 12.7. The third kappa shape index (κ3) is 3.26. The molecule has 2 atom stereocenters. The second-order valence-electron chi connectivity index (χ2n) is 5.32. The smallest absolute Gasteiger partial charge is 0.321 e. The van der Waals surface area contributed by atoms with Gasteiger partial charge in [-0.3, -0.25) is 10.1 Å². The number of benzene rings is 2. The van der Waals surface area contributed by atoms with Crippen molar-refractivity contribution in [1.82, 2.24) is 5.32 Å². The van der Waals surface area contributed by atoms with Crippen molar-refractivity contribution in [3.8, 4) is 5.75 Å². The summed E-state index contributed by atoms with van der Waals surface area (Å²) in [6, 6.07) is 14.9. The van der Waals surface area contributed by atoms with Crippen LogP contribution in [0.3, 0.4) is 0 Å². The molecule has 5 heteroatoms. The van der Waals surface area contributed by atoms with E-state index in [2.05, 4.69) is 5.32 Å². The first-order valence-corrected chi connectivity index (χ1v) is 8.14. The number of carboxylic acid groups (broad SMARTS) is 1. The Morgan fingerprint density at radius 1 is 1.18 bits per heavy atom. The summed E-state index contributed by atoms with van der Waals surface area (Å²) >= 11 is 1.61. The number of para-hydroxylation sites is 1. The lowest BCUT2D eigenvalue weighted by Crippen LogP contribution is -2.33. The lowest BCUT2D eigenvalue weighted by Gasteiger charge is -2.12. The molecule has 1 saturated heterocycles. The summed E-state index contributed by atoms with van der Waals surface area (Å²) in [5.41, 5.74) is 3.09. The Bertz CT molecular complexity index is 672. The lowest BCUT2D eigenvalue weighted by atomic mass is 10.0. The maximum absolute atomic E-state index is 11.0. The average Bonchev–Trinajstić information content (AvgIpc) is 3.00. The van der Waals surface area contributed by atoms with Crippen molar-refractivity contribution in [2.75, 3.05) is 5.75 Å². The van der Waals surface area contributed by atoms with E-state index < -0.39 is 12.0 Å². The fraction of sp³-hybridized carbons (Fsp3) is 0.235. The molecule has 0 saturated carbocycles. The van der Waals surface area contributed by atoms with Crippen LogP contribution < -0.4 is 5.32 Å². The van der Waals surface area contributed by atoms with Crippen molar-refractivity contribution < 1.29 is 15.0 Å². The highest BCUT2D eigenvalue weighted by Gasteiger charge is 2.30. The van der Waals surface area contributed by atoms with Gasteiger partial charge in [0.2, 0.25) is 0 Å². The zero-order valence-electron chi connectivity index (χ0n) is 11.9. The van der Waals surface area contributed by atoms with E-state index in [1.54, 1.807) is 17.8 Å². The highest BCUT2D eigenvalue weighted by atomic mass is 32.2. The number of phenolic OH excluding ortho intramolecular Hbond substituents is 1. The molecule has 0 amide bonds. The van der Waals surface area contributed by atoms with E-state index in [0.29, 0.717) is 17.9 Å². The number of carboxylic acids is 1. The van der Waals surface area contributed by atoms with Crippen LogP contribution in [0, 0.1) is 0 Å². The second-order valence-corrected chi connectivity index (χ2v) is 6.46. The standard InChI is InChI=1S/C17H17NO3S/c19-15-4-2-1-3-13(15)9-11-5-7-12(8-6-11)16-18-14(10-22-16)17(20)21/h1-8,14,16,18-19H,9-10H2,(H,20,21). The van der Waals surface area contributed by atoms with Gasteiger partial charge in [-0.15, -0.1) is 11.8 Å². The number of aromatic hydroxyl groups is 1. The van der Waals surface area contributed by atoms with E-state index in [1.807, 2.05) is 42.5 Å². The number of thioether (sulfide) groups is 1. The van der Waals surface area contributed by atoms with Gasteiger partial charge in [0.1, 0.15) is 11.8 Å². The van der Waals surface area contributed by atoms with Crippen LogP contribution in [-0.4, -0.2) is 28.0 Å². The monoisotopic (exact) mass is 315 g/mol. The van der Waals surface area contributed by atoms with Crippen molar-refractivity contribution in [3.63, 3.8) is 0 Å². The molecule has 0 radical (unpaired) electrons. The second kappa shape index (κ2) is 6.42. The molecular formula is C17H17NO3S. The van der Waals surface area contributed by atoms with E-state index in [9.17, 15) is 9.90 Å². The molecule has 2 aromatic carbocycles. The summed E-state index contributed by atoms with van der Waals surface area (Å²) in [6.07, 6.45) is 0.677. The molecule has 0 aromatic heterocycles. The first-order chi connectivity index (χ1) is 10.6. The molecule has 1 heterocycles. The van der Waals surface area contributed by atoms with Crippen LogP contribution in [0.5, 0.6) is 5.75 Å². The Morgan fingerprint density at radius 3 is 2.55 bits per heavy atom. The number of phenols is 1. The molecule has 1 aliphatic heterocycles. The third-order valence-corrected chi connectivity index (χ3v) is 5.02. The van der Waals surface area contributed by atoms with Gasteiger partial charge in [0.05, 0.1) is 5.37 Å². The van der Waals surface area contributed by atoms with Gasteiger partial charge in [0.15, 0.2) is 0 Å². The van der Waals surface area contributed by atoms with Crippen molar-refractivity contribution in [3.05, 3.63) is 65.2 Å². The van der Waals surface area contributed by atoms with Crippen LogP contribution in [0.15, 0.2) is 48.5 Å². The van der Waals surface area contributed by atoms with E-state index >= 15 is 0 Å². The molecule has 0 spiro atoms. The Balaban J connectivity index is 1.68. The number of hydrogen-bond donors (Lipinski definition) is 3. The van der Waals surface area contributed by atoms with Crippen LogP contribution in [-0.2, 0) is 11.2 Å². The van der Waals surface area contributed by atoms with Gasteiger partial charge >= 0.3 is 5.97 Å². The Morgan fingerprint density at radius 2 is 1.91 bits per heavy atom. The fourth-order valence-electron chi connectivity index (χ4n) is 2.50. The van der Waals surface area contributed by atoms with Crippen LogP contribution in [0.25, 0.3) is 0 Å². The number of hydrogen-bond acceptors (Lipinski definition) is 4. The minimum atomic E-state index is -0.800. The predicted octanol–water partition coefficient (Wildman–Crippen LogP) is 2.77. The summed E-state index contributed by atoms with van der Waals surface area (Å²) in [7, 11) is 0. The molecule has 3 rings (SSSR count). The van der Waals surface area contributed by atoms with Gasteiger partial charge in [0.25, 0.3) is 0 Å². The van der Waals surface area contributed by atoms with Gasteiger partial charge in [-0.05, 0) is 22.8 Å². The predicted molar refractivity (Wildman–Crippen MR) is 87.1 cm³/mol. The Kier molecular flexibility index (Phi) is 4.36. The lowest BCUT2D eigenvalue weighted by molar-refractivity contribution is -0.138. The molecule has 1 aliphatic rings. The molecule has 114 valence electrons. The molecule has 2 aromatic rings. The summed E-state index contributed by atoms with van der Waals surface area (Å²) in [5.74, 6) is 0.0923. The molecule has 22 heavy (non-hydrogen) atoms. The van der Waals surface area contributed by atoms with Gasteiger partial charge in [-0.1, -0.05) is 42.5 Å². The minimum Gasteiger partial charge on any atom is -0.508 e. The topological polar surface area (TPSA) is 69.6 Å². The summed E-state index contributed by atoms with van der Waals surface area (Å²) in [6.45, 7) is 0. The van der Waals surface area contributed by atoms with Crippen LogP contribution in [0.1, 0.15) is 22.1 Å². The fourth-order valence-corrected chi connectivity index (χ4v) is 3.73. The molecule has 2 unspecified atom stereocenters. The Labute approximate surface area is 133 Å². The number of rotatable bonds is 4. The largest absolute Gasteiger partial charge is 0.508 e.